The molecule has 0 amide bonds. The van der Waals surface area contributed by atoms with Crippen molar-refractivity contribution >= 4 is 21.8 Å². The number of methoxy groups -OCH3 is 2. The van der Waals surface area contributed by atoms with E-state index in [4.69, 9.17) is 17.7 Å². The molecule has 0 aliphatic heterocycles. The van der Waals surface area contributed by atoms with Crippen LogP contribution in [0.4, 0.5) is 0 Å². The van der Waals surface area contributed by atoms with E-state index in [0.717, 1.165) is 0 Å². The average molecular weight is 373 g/mol. The summed E-state index contributed by atoms with van der Waals surface area (Å²) in [6.07, 6.45) is 1.46. The van der Waals surface area contributed by atoms with Crippen molar-refractivity contribution in [3.63, 3.8) is 0 Å². The summed E-state index contributed by atoms with van der Waals surface area (Å²) in [6, 6.07) is 4.38. The molecule has 0 aliphatic carbocycles. The SMILES string of the molecule is [2H]C([2H])([2H])Oc1ccc2nc(S(=O)Cc3ncc(C)c(OC([2H])([2H])[2H])c3C)[n-]c2c1.[Na+]. The molecule has 0 aliphatic rings. The predicted molar refractivity (Wildman–Crippen MR) is 92.0 cm³/mol. The molecule has 0 N–H and O–H groups in total. The minimum Gasteiger partial charge on any atom is -0.497 e. The van der Waals surface area contributed by atoms with E-state index in [-0.39, 0.29) is 52.0 Å². The molecule has 1 aromatic carbocycles. The number of aromatic nitrogens is 3. The molecule has 126 valence electrons. The van der Waals surface area contributed by atoms with Gasteiger partial charge in [0, 0.05) is 22.5 Å². The molecular weight excluding hydrogens is 349 g/mol. The second-order valence-corrected chi connectivity index (χ2v) is 6.54. The van der Waals surface area contributed by atoms with Crippen LogP contribution in [0.15, 0.2) is 29.6 Å². The predicted octanol–water partition coefficient (Wildman–Crippen LogP) is -0.467. The zero-order valence-corrected chi connectivity index (χ0v) is 16.8. The average Bonchev–Trinajstić information content (AvgIpc) is 3.02. The van der Waals surface area contributed by atoms with Gasteiger partial charge in [0.1, 0.15) is 11.5 Å². The smallest absolute Gasteiger partial charge is 0.497 e. The van der Waals surface area contributed by atoms with Crippen LogP contribution in [0, 0.1) is 13.8 Å². The number of ether oxygens (including phenoxy) is 2. The summed E-state index contributed by atoms with van der Waals surface area (Å²) in [5, 5.41) is 0.0519. The van der Waals surface area contributed by atoms with E-state index < -0.39 is 24.9 Å². The number of pyridine rings is 1. The van der Waals surface area contributed by atoms with E-state index in [9.17, 15) is 4.21 Å². The molecule has 0 radical (unpaired) electrons. The fourth-order valence-electron chi connectivity index (χ4n) is 2.33. The van der Waals surface area contributed by atoms with Crippen LogP contribution < -0.4 is 44.0 Å². The van der Waals surface area contributed by atoms with Crippen molar-refractivity contribution in [3.8, 4) is 11.5 Å². The van der Waals surface area contributed by atoms with E-state index in [0.29, 0.717) is 27.9 Å². The summed E-state index contributed by atoms with van der Waals surface area (Å²) in [5.41, 5.74) is 2.22. The third-order valence-corrected chi connectivity index (χ3v) is 4.74. The molecule has 1 atom stereocenters. The quantitative estimate of drug-likeness (QED) is 0.563. The number of hydrogen-bond acceptors (Lipinski definition) is 5. The van der Waals surface area contributed by atoms with Gasteiger partial charge in [-0.15, -0.1) is 0 Å². The van der Waals surface area contributed by atoms with Crippen molar-refractivity contribution in [3.05, 3.63) is 41.2 Å². The summed E-state index contributed by atoms with van der Waals surface area (Å²) in [4.78, 5) is 12.7. The van der Waals surface area contributed by atoms with Crippen LogP contribution in [-0.2, 0) is 16.6 Å². The van der Waals surface area contributed by atoms with E-state index in [1.54, 1.807) is 13.8 Å². The first kappa shape index (κ1) is 12.9. The molecule has 0 fully saturated rings. The fraction of sp³-hybridized carbons (Fsp3) is 0.294. The van der Waals surface area contributed by atoms with Crippen molar-refractivity contribution < 1.29 is 51.5 Å². The third-order valence-electron chi connectivity index (χ3n) is 3.62. The molecule has 1 unspecified atom stereocenters. The number of benzene rings is 1. The first-order valence-electron chi connectivity index (χ1n) is 9.98. The van der Waals surface area contributed by atoms with Gasteiger partial charge in [0.15, 0.2) is 0 Å². The van der Waals surface area contributed by atoms with Crippen molar-refractivity contribution in [1.29, 1.82) is 0 Å². The maximum atomic E-state index is 12.8. The normalized spacial score (nSPS) is 16.4. The Hall–Kier alpha value is -1.41. The Kier molecular flexibility index (Phi) is 4.28. The molecule has 0 saturated carbocycles. The van der Waals surface area contributed by atoms with Gasteiger partial charge in [0.25, 0.3) is 0 Å². The molecule has 6 nitrogen and oxygen atoms in total. The van der Waals surface area contributed by atoms with Gasteiger partial charge in [-0.25, -0.2) is 0 Å². The summed E-state index contributed by atoms with van der Waals surface area (Å²) < 4.78 is 66.1. The summed E-state index contributed by atoms with van der Waals surface area (Å²) in [5.74, 6) is 0.234. The number of rotatable bonds is 5. The first-order valence-corrected chi connectivity index (χ1v) is 8.30. The zero-order valence-electron chi connectivity index (χ0n) is 20.0. The second kappa shape index (κ2) is 8.31. The molecule has 3 aromatic rings. The number of imidazole rings is 1. The molecule has 2 aromatic heterocycles. The minimum absolute atomic E-state index is 0. The maximum Gasteiger partial charge on any atom is 1.00 e. The number of aryl methyl sites for hydroxylation is 1. The monoisotopic (exact) mass is 373 g/mol. The Bertz CT molecular complexity index is 1120. The Labute approximate surface area is 179 Å². The number of nitrogens with zero attached hydrogens (tertiary/aromatic N) is 3. The maximum absolute atomic E-state index is 12.8. The van der Waals surface area contributed by atoms with E-state index in [2.05, 4.69) is 15.0 Å². The summed E-state index contributed by atoms with van der Waals surface area (Å²) in [6.45, 7) is 3.32. The zero-order chi connectivity index (χ0) is 22.3. The van der Waals surface area contributed by atoms with Crippen molar-refractivity contribution in [2.75, 3.05) is 14.1 Å². The third kappa shape index (κ3) is 4.06. The van der Waals surface area contributed by atoms with Gasteiger partial charge in [0.2, 0.25) is 0 Å². The molecule has 3 rings (SSSR count). The largest absolute Gasteiger partial charge is 1.00 e. The van der Waals surface area contributed by atoms with Crippen molar-refractivity contribution in [2.45, 2.75) is 24.8 Å². The van der Waals surface area contributed by atoms with Gasteiger partial charge in [-0.1, -0.05) is 6.07 Å². The standard InChI is InChI=1S/C17H18N3O3S.Na/c1-10-8-18-15(11(2)16(10)23-4)9-24(21)17-19-13-6-5-12(22-3)7-14(13)20-17;/h5-8H,9H2,1-4H3;/q-1;+1/i3D3,4D3;. The Balaban J connectivity index is 0.00000341. The van der Waals surface area contributed by atoms with Crippen molar-refractivity contribution in [2.24, 2.45) is 0 Å². The van der Waals surface area contributed by atoms with Crippen LogP contribution in [0.1, 0.15) is 25.0 Å². The molecule has 25 heavy (non-hydrogen) atoms. The number of fused-ring (bicyclic) bond motifs is 1. The van der Waals surface area contributed by atoms with Gasteiger partial charge in [-0.05, 0) is 37.0 Å². The van der Waals surface area contributed by atoms with Crippen molar-refractivity contribution in [1.82, 2.24) is 15.0 Å². The Morgan fingerprint density at radius 3 is 2.84 bits per heavy atom. The first-order chi connectivity index (χ1) is 13.8. The van der Waals surface area contributed by atoms with Gasteiger partial charge in [-0.2, -0.15) is 0 Å². The van der Waals surface area contributed by atoms with Crippen LogP contribution in [0.2, 0.25) is 0 Å². The summed E-state index contributed by atoms with van der Waals surface area (Å²) in [7, 11) is -6.89. The van der Waals surface area contributed by atoms with Gasteiger partial charge in [0.05, 0.1) is 44.5 Å². The second-order valence-electron chi connectivity index (χ2n) is 5.19. The van der Waals surface area contributed by atoms with Crippen LogP contribution >= 0.6 is 0 Å². The molecular formula is C17H18N3NaO3S. The molecule has 2 heterocycles. The molecule has 0 saturated heterocycles. The molecule has 8 heteroatoms. The Morgan fingerprint density at radius 1 is 1.28 bits per heavy atom. The topological polar surface area (TPSA) is 75.4 Å². The van der Waals surface area contributed by atoms with E-state index in [1.165, 1.54) is 24.4 Å². The molecule has 0 bridgehead atoms. The van der Waals surface area contributed by atoms with Gasteiger partial charge < -0.3 is 19.4 Å². The minimum atomic E-state index is -2.62. The molecule has 0 spiro atoms. The van der Waals surface area contributed by atoms with Crippen LogP contribution in [0.25, 0.3) is 11.0 Å². The fourth-order valence-corrected chi connectivity index (χ4v) is 3.40. The Morgan fingerprint density at radius 2 is 2.08 bits per heavy atom. The van der Waals surface area contributed by atoms with E-state index >= 15 is 0 Å². The van der Waals surface area contributed by atoms with Gasteiger partial charge >= 0.3 is 29.6 Å². The summed E-state index contributed by atoms with van der Waals surface area (Å²) >= 11 is 0. The van der Waals surface area contributed by atoms with Crippen LogP contribution in [0.3, 0.4) is 0 Å². The van der Waals surface area contributed by atoms with Crippen LogP contribution in [0.5, 0.6) is 11.5 Å². The van der Waals surface area contributed by atoms with Gasteiger partial charge in [-0.3, -0.25) is 9.19 Å². The van der Waals surface area contributed by atoms with E-state index in [1.807, 2.05) is 0 Å². The van der Waals surface area contributed by atoms with Crippen LogP contribution in [-0.4, -0.2) is 28.3 Å². The number of hydrogen-bond donors (Lipinski definition) is 0.